The van der Waals surface area contributed by atoms with Gasteiger partial charge in [-0.2, -0.15) is 0 Å². The largest absolute Gasteiger partial charge is 0.330 e. The van der Waals surface area contributed by atoms with Crippen molar-refractivity contribution in [1.29, 1.82) is 0 Å². The molecule has 0 heterocycles. The topological polar surface area (TPSA) is 67.3 Å². The van der Waals surface area contributed by atoms with E-state index < -0.39 is 0 Å². The van der Waals surface area contributed by atoms with Crippen LogP contribution >= 0.6 is 22.9 Å². The van der Waals surface area contributed by atoms with Gasteiger partial charge in [-0.3, -0.25) is 0 Å². The molecule has 0 bridgehead atoms. The summed E-state index contributed by atoms with van der Waals surface area (Å²) in [4.78, 5) is 0. The molecule has 4 nitrogen and oxygen atoms in total. The first-order valence-electron chi connectivity index (χ1n) is 39.1. The molecule has 0 aromatic carbocycles. The molecule has 5 heteroatoms. The first kappa shape index (κ1) is 83.6. The molecule has 0 atom stereocenters. The van der Waals surface area contributed by atoms with Gasteiger partial charge in [0, 0.05) is 40.5 Å². The highest BCUT2D eigenvalue weighted by atomic mass is 127. The molecule has 0 saturated carbocycles. The van der Waals surface area contributed by atoms with Crippen molar-refractivity contribution in [3.8, 4) is 0 Å². The van der Waals surface area contributed by atoms with E-state index in [0.717, 1.165) is 39.0 Å². The summed E-state index contributed by atoms with van der Waals surface area (Å²) >= 11 is 2.76. The van der Waals surface area contributed by atoms with Crippen molar-refractivity contribution >= 4 is 22.9 Å². The average Bonchev–Trinajstić information content (AvgIpc) is 2.57. The third-order valence-corrected chi connectivity index (χ3v) is 23.2. The van der Waals surface area contributed by atoms with Gasteiger partial charge in [-0.05, 0) is 82.8 Å². The molecule has 0 spiro atoms. The molecule has 83 heavy (non-hydrogen) atoms. The number of nitrogens with two attached hydrogens (primary N) is 2. The molecule has 0 aromatic rings. The molecule has 0 aliphatic heterocycles. The third kappa shape index (κ3) is 43.1. The summed E-state index contributed by atoms with van der Waals surface area (Å²) in [6.07, 6.45) is 87.4. The van der Waals surface area contributed by atoms with Crippen molar-refractivity contribution in [1.82, 2.24) is 8.43 Å². The minimum absolute atomic E-state index is 0.0134. The highest BCUT2D eigenvalue weighted by Crippen LogP contribution is 2.63. The molecular weight excluding hydrogens is 1120 g/mol. The number of unbranched alkanes of at least 4 members (excludes halogenated alkanes) is 52. The van der Waals surface area contributed by atoms with Gasteiger partial charge in [-0.1, -0.05) is 401 Å². The van der Waals surface area contributed by atoms with Gasteiger partial charge in [-0.15, -0.1) is 0 Å². The Kier molecular flexibility index (Phi) is 61.9. The number of rotatable bonds is 71. The predicted molar refractivity (Wildman–Crippen MR) is 389 cm³/mol. The maximum absolute atomic E-state index is 6.50. The number of hydrogen-bond acceptors (Lipinski definition) is 4. The maximum Gasteiger partial charge on any atom is 0.0305 e. The summed E-state index contributed by atoms with van der Waals surface area (Å²) in [6.45, 7) is 23.9. The van der Waals surface area contributed by atoms with Crippen LogP contribution in [0.2, 0.25) is 0 Å². The van der Waals surface area contributed by atoms with Crippen LogP contribution in [-0.2, 0) is 0 Å². The SMILES string of the molecule is CCCCCCCCCCCCCCCCC(CCCCCCCCCCCCCCCC)(NCCCN)C(CCCCCCCCCCCCCCCC)(CCCCCCCCCCCCCCCC)C(C)(C)C(C)(C)N(I)CCCN. The zero-order valence-electron chi connectivity index (χ0n) is 59.1. The van der Waals surface area contributed by atoms with Crippen LogP contribution < -0.4 is 16.8 Å². The van der Waals surface area contributed by atoms with Crippen molar-refractivity contribution < 1.29 is 0 Å². The Balaban J connectivity index is 6.85. The van der Waals surface area contributed by atoms with E-state index in [0.29, 0.717) is 0 Å². The summed E-state index contributed by atoms with van der Waals surface area (Å²) in [5.41, 5.74) is 13.1. The van der Waals surface area contributed by atoms with E-state index in [-0.39, 0.29) is 21.9 Å². The van der Waals surface area contributed by atoms with Crippen LogP contribution in [0.1, 0.15) is 453 Å². The molecular formula is C78H161IN4. The van der Waals surface area contributed by atoms with Crippen LogP contribution in [0.5, 0.6) is 0 Å². The highest BCUT2D eigenvalue weighted by molar-refractivity contribution is 14.1. The summed E-state index contributed by atoms with van der Waals surface area (Å²) in [5.74, 6) is 0. The monoisotopic (exact) mass is 1280 g/mol. The summed E-state index contributed by atoms with van der Waals surface area (Å²) < 4.78 is 2.74. The van der Waals surface area contributed by atoms with Gasteiger partial charge in [0.2, 0.25) is 0 Å². The Morgan fingerprint density at radius 3 is 0.699 bits per heavy atom. The number of hydrogen-bond donors (Lipinski definition) is 3. The van der Waals surface area contributed by atoms with E-state index >= 15 is 0 Å². The minimum Gasteiger partial charge on any atom is -0.330 e. The Labute approximate surface area is 540 Å². The van der Waals surface area contributed by atoms with E-state index in [2.05, 4.69) is 81.4 Å². The van der Waals surface area contributed by atoms with E-state index in [1.165, 1.54) is 385 Å². The predicted octanol–water partition coefficient (Wildman–Crippen LogP) is 26.9. The lowest BCUT2D eigenvalue weighted by atomic mass is 9.45. The van der Waals surface area contributed by atoms with Crippen molar-refractivity contribution in [2.24, 2.45) is 22.3 Å². The van der Waals surface area contributed by atoms with Crippen molar-refractivity contribution in [2.75, 3.05) is 26.2 Å². The lowest BCUT2D eigenvalue weighted by Crippen LogP contribution is -2.70. The lowest BCUT2D eigenvalue weighted by molar-refractivity contribution is -0.122. The van der Waals surface area contributed by atoms with Crippen LogP contribution in [0.15, 0.2) is 0 Å². The van der Waals surface area contributed by atoms with E-state index in [9.17, 15) is 0 Å². The molecule has 5 N–H and O–H groups in total. The molecule has 0 fully saturated rings. The molecule has 0 aliphatic rings. The first-order valence-corrected chi connectivity index (χ1v) is 40.1. The summed E-state index contributed by atoms with van der Waals surface area (Å²) in [7, 11) is 0. The van der Waals surface area contributed by atoms with Gasteiger partial charge in [-0.25, -0.2) is 3.11 Å². The number of halogens is 1. The quantitative estimate of drug-likeness (QED) is 0.0323. The second-order valence-corrected chi connectivity index (χ2v) is 30.2. The Bertz CT molecular complexity index is 1190. The smallest absolute Gasteiger partial charge is 0.0305 e. The average molecular weight is 1280 g/mol. The van der Waals surface area contributed by atoms with Crippen LogP contribution in [0.25, 0.3) is 0 Å². The van der Waals surface area contributed by atoms with Crippen molar-refractivity contribution in [2.45, 2.75) is 465 Å². The Morgan fingerprint density at radius 2 is 0.482 bits per heavy atom. The van der Waals surface area contributed by atoms with Crippen molar-refractivity contribution in [3.63, 3.8) is 0 Å². The number of nitrogens with one attached hydrogen (secondary N) is 1. The van der Waals surface area contributed by atoms with Crippen LogP contribution in [0, 0.1) is 10.8 Å². The molecule has 500 valence electrons. The molecule has 0 saturated heterocycles. The molecule has 0 amide bonds. The molecule has 0 radical (unpaired) electrons. The van der Waals surface area contributed by atoms with Gasteiger partial charge in [0.25, 0.3) is 0 Å². The molecule has 0 rings (SSSR count). The van der Waals surface area contributed by atoms with Gasteiger partial charge in [0.1, 0.15) is 0 Å². The number of nitrogens with zero attached hydrogens (tertiary/aromatic N) is 1. The van der Waals surface area contributed by atoms with Gasteiger partial charge < -0.3 is 16.8 Å². The zero-order chi connectivity index (χ0) is 61.0. The fraction of sp³-hybridized carbons (Fsp3) is 1.00. The second kappa shape index (κ2) is 61.4. The summed E-state index contributed by atoms with van der Waals surface area (Å²) in [5, 5.41) is 4.71. The first-order chi connectivity index (χ1) is 40.5. The summed E-state index contributed by atoms with van der Waals surface area (Å²) in [6, 6.07) is 0. The second-order valence-electron chi connectivity index (χ2n) is 29.0. The zero-order valence-corrected chi connectivity index (χ0v) is 61.3. The Morgan fingerprint density at radius 1 is 0.277 bits per heavy atom. The van der Waals surface area contributed by atoms with E-state index in [4.69, 9.17) is 16.8 Å². The fourth-order valence-corrected chi connectivity index (χ4v) is 16.0. The van der Waals surface area contributed by atoms with Crippen LogP contribution in [-0.4, -0.2) is 40.4 Å². The van der Waals surface area contributed by atoms with Crippen LogP contribution in [0.3, 0.4) is 0 Å². The van der Waals surface area contributed by atoms with Crippen LogP contribution in [0.4, 0.5) is 0 Å². The van der Waals surface area contributed by atoms with Gasteiger partial charge in [0.15, 0.2) is 0 Å². The fourth-order valence-electron chi connectivity index (χ4n) is 15.1. The molecule has 0 aliphatic carbocycles. The molecule has 0 aromatic heterocycles. The van der Waals surface area contributed by atoms with Gasteiger partial charge >= 0.3 is 0 Å². The Hall–Kier alpha value is 0.570. The van der Waals surface area contributed by atoms with E-state index in [1.54, 1.807) is 0 Å². The normalized spacial score (nSPS) is 12.7. The maximum atomic E-state index is 6.50. The molecule has 0 unspecified atom stereocenters. The minimum atomic E-state index is -0.0134. The highest BCUT2D eigenvalue weighted by Gasteiger charge is 2.62. The van der Waals surface area contributed by atoms with E-state index in [1.807, 2.05) is 0 Å². The standard InChI is InChI=1S/C78H161IN4/c1-9-13-17-21-25-29-33-37-41-45-49-53-57-61-67-77(75(5,6)76(7,8)83(79)74-66-72-81,68-62-58-54-50-46-42-38-34-30-26-22-18-14-10-2)78(82-73-65-71-80,69-63-59-55-51-47-43-39-35-31-27-23-19-15-11-3)70-64-60-56-52-48-44-40-36-32-28-24-20-16-12-4/h82H,9-74,80-81H2,1-8H3. The van der Waals surface area contributed by atoms with Gasteiger partial charge in [0.05, 0.1) is 0 Å². The lowest BCUT2D eigenvalue weighted by Gasteiger charge is -2.66. The third-order valence-electron chi connectivity index (χ3n) is 21.5. The van der Waals surface area contributed by atoms with Crippen molar-refractivity contribution in [3.05, 3.63) is 0 Å².